The van der Waals surface area contributed by atoms with E-state index in [9.17, 15) is 18.0 Å². The molecule has 0 unspecified atom stereocenters. The molecule has 0 fully saturated rings. The van der Waals surface area contributed by atoms with Gasteiger partial charge in [-0.05, 0) is 28.7 Å². The minimum absolute atomic E-state index is 0.0270. The maximum absolute atomic E-state index is 12.8. The fraction of sp³-hybridized carbons (Fsp3) is 0.143. The molecule has 0 aromatic carbocycles. The number of carbonyl (C=O) groups excluding carboxylic acids is 1. The molecule has 0 bridgehead atoms. The topological polar surface area (TPSA) is 56.0 Å². The van der Waals surface area contributed by atoms with Gasteiger partial charge in [-0.2, -0.15) is 4.39 Å². The second-order valence-corrected chi connectivity index (χ2v) is 3.52. The van der Waals surface area contributed by atoms with Crippen molar-refractivity contribution in [3.63, 3.8) is 0 Å². The van der Waals surface area contributed by atoms with Crippen LogP contribution in [0.5, 0.6) is 0 Å². The summed E-state index contributed by atoms with van der Waals surface area (Å²) in [4.78, 5) is 13.7. The normalized spacial score (nSPS) is 10.6. The van der Waals surface area contributed by atoms with Crippen molar-refractivity contribution in [1.29, 1.82) is 0 Å². The molecule has 0 saturated heterocycles. The number of rotatable bonds is 2. The standard InChI is InChI=1S/C7H4F3IN2O/c8-5(9)4-2(7(12)14)1-3(11)6(10)13-4/h1,5H,(H2,12,14). The van der Waals surface area contributed by atoms with E-state index in [0.29, 0.717) is 0 Å². The van der Waals surface area contributed by atoms with Crippen molar-refractivity contribution in [3.8, 4) is 0 Å². The molecule has 1 heterocycles. The third-order valence-corrected chi connectivity index (χ3v) is 2.19. The fourth-order valence-corrected chi connectivity index (χ4v) is 1.28. The number of carbonyl (C=O) groups is 1. The van der Waals surface area contributed by atoms with Gasteiger partial charge in [-0.3, -0.25) is 4.79 Å². The largest absolute Gasteiger partial charge is 0.366 e. The van der Waals surface area contributed by atoms with Crippen LogP contribution in [-0.2, 0) is 0 Å². The second kappa shape index (κ2) is 4.11. The summed E-state index contributed by atoms with van der Waals surface area (Å²) in [5.41, 5.74) is 3.46. The smallest absolute Gasteiger partial charge is 0.281 e. The zero-order valence-electron chi connectivity index (χ0n) is 6.60. The monoisotopic (exact) mass is 316 g/mol. The Balaban J connectivity index is 3.39. The van der Waals surface area contributed by atoms with E-state index in [2.05, 4.69) is 4.98 Å². The summed E-state index contributed by atoms with van der Waals surface area (Å²) in [6, 6.07) is 0.951. The number of nitrogens with two attached hydrogens (primary N) is 1. The molecule has 1 amide bonds. The van der Waals surface area contributed by atoms with Crippen molar-refractivity contribution >= 4 is 28.5 Å². The molecule has 0 aliphatic heterocycles. The first kappa shape index (κ1) is 11.2. The number of amides is 1. The third kappa shape index (κ3) is 2.14. The van der Waals surface area contributed by atoms with Crippen molar-refractivity contribution in [1.82, 2.24) is 4.98 Å². The summed E-state index contributed by atoms with van der Waals surface area (Å²) in [5, 5.41) is 0. The minimum Gasteiger partial charge on any atom is -0.366 e. The van der Waals surface area contributed by atoms with Gasteiger partial charge in [0, 0.05) is 0 Å². The van der Waals surface area contributed by atoms with Crippen LogP contribution in [0.4, 0.5) is 13.2 Å². The van der Waals surface area contributed by atoms with Crippen LogP contribution < -0.4 is 5.73 Å². The van der Waals surface area contributed by atoms with E-state index < -0.39 is 29.5 Å². The average molecular weight is 316 g/mol. The lowest BCUT2D eigenvalue weighted by molar-refractivity contribution is 0.0982. The van der Waals surface area contributed by atoms with E-state index in [1.54, 1.807) is 0 Å². The SMILES string of the molecule is NC(=O)c1cc(I)c(F)nc1C(F)F. The fourth-order valence-electron chi connectivity index (χ4n) is 0.843. The Kier molecular flexibility index (Phi) is 3.29. The van der Waals surface area contributed by atoms with Crippen LogP contribution in [0, 0.1) is 9.52 Å². The van der Waals surface area contributed by atoms with Crippen LogP contribution in [0.2, 0.25) is 0 Å². The molecule has 0 radical (unpaired) electrons. The molecule has 2 N–H and O–H groups in total. The van der Waals surface area contributed by atoms with E-state index in [1.807, 2.05) is 0 Å². The highest BCUT2D eigenvalue weighted by Crippen LogP contribution is 2.23. The Bertz CT molecular complexity index is 383. The zero-order chi connectivity index (χ0) is 10.9. The lowest BCUT2D eigenvalue weighted by atomic mass is 10.2. The average Bonchev–Trinajstić information content (AvgIpc) is 2.08. The molecule has 1 aromatic rings. The summed E-state index contributed by atoms with van der Waals surface area (Å²) in [5.74, 6) is -2.09. The van der Waals surface area contributed by atoms with Crippen LogP contribution in [0.25, 0.3) is 0 Å². The zero-order valence-corrected chi connectivity index (χ0v) is 8.76. The van der Waals surface area contributed by atoms with Crippen molar-refractivity contribution in [2.24, 2.45) is 5.73 Å². The quantitative estimate of drug-likeness (QED) is 0.669. The number of aromatic nitrogens is 1. The van der Waals surface area contributed by atoms with Gasteiger partial charge in [0.1, 0.15) is 5.69 Å². The van der Waals surface area contributed by atoms with Gasteiger partial charge < -0.3 is 5.73 Å². The van der Waals surface area contributed by atoms with E-state index in [4.69, 9.17) is 5.73 Å². The van der Waals surface area contributed by atoms with Crippen molar-refractivity contribution in [2.45, 2.75) is 6.43 Å². The molecular formula is C7H4F3IN2O. The lowest BCUT2D eigenvalue weighted by Crippen LogP contribution is -2.16. The number of nitrogens with zero attached hydrogens (tertiary/aromatic N) is 1. The molecule has 14 heavy (non-hydrogen) atoms. The highest BCUT2D eigenvalue weighted by molar-refractivity contribution is 14.1. The Labute approximate surface area is 90.6 Å². The number of alkyl halides is 2. The van der Waals surface area contributed by atoms with Gasteiger partial charge in [-0.1, -0.05) is 0 Å². The van der Waals surface area contributed by atoms with Gasteiger partial charge in [-0.25, -0.2) is 13.8 Å². The molecule has 0 atom stereocenters. The van der Waals surface area contributed by atoms with E-state index in [1.165, 1.54) is 22.6 Å². The van der Waals surface area contributed by atoms with Gasteiger partial charge in [0.15, 0.2) is 0 Å². The van der Waals surface area contributed by atoms with Gasteiger partial charge in [0.05, 0.1) is 9.13 Å². The number of pyridine rings is 1. The molecule has 1 rings (SSSR count). The highest BCUT2D eigenvalue weighted by Gasteiger charge is 2.21. The van der Waals surface area contributed by atoms with Gasteiger partial charge in [-0.15, -0.1) is 0 Å². The summed E-state index contributed by atoms with van der Waals surface area (Å²) in [6.07, 6.45) is -3.02. The Morgan fingerprint density at radius 1 is 1.57 bits per heavy atom. The van der Waals surface area contributed by atoms with E-state index >= 15 is 0 Å². The molecule has 1 aromatic heterocycles. The summed E-state index contributed by atoms with van der Waals surface area (Å²) >= 11 is 1.53. The van der Waals surface area contributed by atoms with Crippen LogP contribution in [0.3, 0.4) is 0 Å². The Morgan fingerprint density at radius 2 is 2.14 bits per heavy atom. The number of hydrogen-bond donors (Lipinski definition) is 1. The highest BCUT2D eigenvalue weighted by atomic mass is 127. The molecule has 0 aliphatic carbocycles. The minimum atomic E-state index is -3.02. The molecule has 0 aliphatic rings. The maximum Gasteiger partial charge on any atom is 0.281 e. The number of primary amides is 1. The summed E-state index contributed by atoms with van der Waals surface area (Å²) in [7, 11) is 0. The molecule has 76 valence electrons. The number of halogens is 4. The predicted octanol–water partition coefficient (Wildman–Crippen LogP) is 1.86. The van der Waals surface area contributed by atoms with Crippen molar-refractivity contribution in [3.05, 3.63) is 26.8 Å². The maximum atomic E-state index is 12.8. The lowest BCUT2D eigenvalue weighted by Gasteiger charge is -2.05. The first-order valence-corrected chi connectivity index (χ1v) is 4.45. The first-order chi connectivity index (χ1) is 6.43. The van der Waals surface area contributed by atoms with E-state index in [0.717, 1.165) is 6.07 Å². The molecule has 0 saturated carbocycles. The Morgan fingerprint density at radius 3 is 2.57 bits per heavy atom. The summed E-state index contributed by atoms with van der Waals surface area (Å²) < 4.78 is 37.3. The number of hydrogen-bond acceptors (Lipinski definition) is 2. The van der Waals surface area contributed by atoms with Crippen molar-refractivity contribution < 1.29 is 18.0 Å². The molecule has 3 nitrogen and oxygen atoms in total. The van der Waals surface area contributed by atoms with Crippen molar-refractivity contribution in [2.75, 3.05) is 0 Å². The molecule has 7 heteroatoms. The summed E-state index contributed by atoms with van der Waals surface area (Å²) in [6.45, 7) is 0. The van der Waals surface area contributed by atoms with Gasteiger partial charge in [0.2, 0.25) is 5.95 Å². The first-order valence-electron chi connectivity index (χ1n) is 3.37. The molecule has 0 spiro atoms. The second-order valence-electron chi connectivity index (χ2n) is 2.36. The third-order valence-electron chi connectivity index (χ3n) is 1.43. The van der Waals surface area contributed by atoms with Gasteiger partial charge >= 0.3 is 0 Å². The molecular weight excluding hydrogens is 312 g/mol. The Hall–Kier alpha value is -0.860. The van der Waals surface area contributed by atoms with E-state index in [-0.39, 0.29) is 3.57 Å². The van der Waals surface area contributed by atoms with Crippen LogP contribution in [-0.4, -0.2) is 10.9 Å². The van der Waals surface area contributed by atoms with Crippen LogP contribution >= 0.6 is 22.6 Å². The van der Waals surface area contributed by atoms with Crippen LogP contribution in [0.15, 0.2) is 6.07 Å². The predicted molar refractivity (Wildman–Crippen MR) is 50.4 cm³/mol. The van der Waals surface area contributed by atoms with Crippen LogP contribution in [0.1, 0.15) is 22.5 Å². The van der Waals surface area contributed by atoms with Gasteiger partial charge in [0.25, 0.3) is 12.3 Å².